The smallest absolute Gasteiger partial charge is 0.343 e. The number of hydrogen-bond acceptors (Lipinski definition) is 5. The Morgan fingerprint density at radius 2 is 2.11 bits per heavy atom. The van der Waals surface area contributed by atoms with Gasteiger partial charge >= 0.3 is 5.97 Å². The van der Waals surface area contributed by atoms with Crippen LogP contribution in [-0.2, 0) is 10.3 Å². The lowest BCUT2D eigenvalue weighted by Crippen LogP contribution is -2.43. The average Bonchev–Trinajstić information content (AvgIpc) is 2.73. The second kappa shape index (κ2) is 5.94. The maximum atomic E-state index is 14.7. The van der Waals surface area contributed by atoms with Gasteiger partial charge < -0.3 is 19.8 Å². The summed E-state index contributed by atoms with van der Waals surface area (Å²) < 4.78 is 41.4. The number of carbonyl (C=O) groups excluding carboxylic acids is 1. The van der Waals surface area contributed by atoms with Crippen molar-refractivity contribution in [1.82, 2.24) is 4.57 Å². The fourth-order valence-corrected chi connectivity index (χ4v) is 4.26. The van der Waals surface area contributed by atoms with Gasteiger partial charge in [0.2, 0.25) is 11.2 Å². The Hall–Kier alpha value is -2.64. The number of hydrogen-bond donors (Lipinski definition) is 1. The summed E-state index contributed by atoms with van der Waals surface area (Å²) in [5.74, 6) is -3.72. The van der Waals surface area contributed by atoms with E-state index in [1.165, 1.54) is 6.20 Å². The van der Waals surface area contributed by atoms with Crippen molar-refractivity contribution in [3.8, 4) is 5.75 Å². The number of rotatable bonds is 2. The molecule has 0 amide bonds. The van der Waals surface area contributed by atoms with Crippen molar-refractivity contribution in [2.24, 2.45) is 0 Å². The van der Waals surface area contributed by atoms with E-state index in [1.54, 1.807) is 18.4 Å². The van der Waals surface area contributed by atoms with Crippen molar-refractivity contribution in [2.45, 2.75) is 51.2 Å². The summed E-state index contributed by atoms with van der Waals surface area (Å²) in [5.41, 5.74) is 3.80. The maximum absolute atomic E-state index is 14.7. The number of pyridine rings is 1. The zero-order chi connectivity index (χ0) is 19.5. The maximum Gasteiger partial charge on any atom is 0.343 e. The Balaban J connectivity index is 2.18. The zero-order valence-corrected chi connectivity index (χ0v) is 15.1. The minimum absolute atomic E-state index is 0.0834. The first-order valence-electron chi connectivity index (χ1n) is 9.00. The van der Waals surface area contributed by atoms with Gasteiger partial charge in [0.15, 0.2) is 11.6 Å². The third-order valence-corrected chi connectivity index (χ3v) is 5.60. The van der Waals surface area contributed by atoms with E-state index in [4.69, 9.17) is 15.2 Å². The number of esters is 1. The normalized spacial score (nSPS) is 20.1. The first-order valence-corrected chi connectivity index (χ1v) is 9.00. The van der Waals surface area contributed by atoms with Crippen LogP contribution < -0.4 is 15.9 Å². The van der Waals surface area contributed by atoms with Crippen molar-refractivity contribution in [3.05, 3.63) is 33.6 Å². The van der Waals surface area contributed by atoms with Gasteiger partial charge in [-0.3, -0.25) is 4.79 Å². The molecule has 0 bridgehead atoms. The summed E-state index contributed by atoms with van der Waals surface area (Å²) in [6, 6.07) is 0. The van der Waals surface area contributed by atoms with E-state index in [9.17, 15) is 18.4 Å². The van der Waals surface area contributed by atoms with Crippen LogP contribution in [0.3, 0.4) is 0 Å². The van der Waals surface area contributed by atoms with E-state index in [2.05, 4.69) is 0 Å². The molecule has 1 aliphatic carbocycles. The molecule has 27 heavy (non-hydrogen) atoms. The van der Waals surface area contributed by atoms with Crippen molar-refractivity contribution in [3.63, 3.8) is 0 Å². The molecule has 144 valence electrons. The van der Waals surface area contributed by atoms with Crippen LogP contribution in [0.25, 0.3) is 10.9 Å². The van der Waals surface area contributed by atoms with Crippen LogP contribution in [-0.4, -0.2) is 23.2 Å². The zero-order valence-electron chi connectivity index (χ0n) is 15.1. The number of fused-ring (bicyclic) bond motifs is 1. The highest BCUT2D eigenvalue weighted by molar-refractivity contribution is 6.00. The summed E-state index contributed by atoms with van der Waals surface area (Å²) in [6.45, 7) is 3.48. The molecule has 2 heterocycles. The van der Waals surface area contributed by atoms with Crippen LogP contribution in [0.5, 0.6) is 5.75 Å². The first-order chi connectivity index (χ1) is 12.8. The van der Waals surface area contributed by atoms with E-state index in [0.29, 0.717) is 6.42 Å². The number of halogens is 2. The molecular formula is C19H20F2N2O4. The molecule has 1 aromatic carbocycles. The predicted molar refractivity (Wildman–Crippen MR) is 95.0 cm³/mol. The monoisotopic (exact) mass is 378 g/mol. The summed E-state index contributed by atoms with van der Waals surface area (Å²) >= 11 is 0. The molecule has 6 nitrogen and oxygen atoms in total. The number of nitrogens with zero attached hydrogens (tertiary/aromatic N) is 1. The molecule has 1 unspecified atom stereocenters. The minimum atomic E-state index is -1.35. The third-order valence-electron chi connectivity index (χ3n) is 5.60. The number of benzene rings is 1. The van der Waals surface area contributed by atoms with Gasteiger partial charge in [-0.2, -0.15) is 4.39 Å². The predicted octanol–water partition coefficient (Wildman–Crippen LogP) is 3.09. The highest BCUT2D eigenvalue weighted by Crippen LogP contribution is 2.49. The molecule has 0 radical (unpaired) electrons. The number of nitrogens with two attached hydrogens (primary N) is 1. The fraction of sp³-hybridized carbons (Fsp3) is 0.474. The number of anilines is 1. The Morgan fingerprint density at radius 1 is 1.41 bits per heavy atom. The Kier molecular flexibility index (Phi) is 3.90. The molecule has 8 heteroatoms. The largest absolute Gasteiger partial charge is 0.485 e. The van der Waals surface area contributed by atoms with Crippen LogP contribution in [0.15, 0.2) is 11.0 Å². The molecule has 1 aliphatic heterocycles. The number of ether oxygens (including phenoxy) is 2. The highest BCUT2D eigenvalue weighted by Gasteiger charge is 2.45. The topological polar surface area (TPSA) is 83.5 Å². The number of nitrogen functional groups attached to an aromatic ring is 1. The Morgan fingerprint density at radius 3 is 2.70 bits per heavy atom. The molecule has 1 aromatic heterocycles. The second-order valence-corrected chi connectivity index (χ2v) is 7.27. The summed E-state index contributed by atoms with van der Waals surface area (Å²) in [7, 11) is 0. The Labute approximate surface area is 153 Å². The van der Waals surface area contributed by atoms with Crippen molar-refractivity contribution in [1.29, 1.82) is 0 Å². The van der Waals surface area contributed by atoms with Crippen molar-refractivity contribution >= 4 is 22.6 Å². The number of aromatic nitrogens is 1. The standard InChI is InChI=1S/C19H20F2N2O4/c1-3-26-18(25)10-8-23-15-11(16(10)24)14(22)12(20)13(21)17(15)27-9(2)7-19(23)5-4-6-19/h8-9H,3-7,22H2,1-2H3. The van der Waals surface area contributed by atoms with Crippen LogP contribution in [0.2, 0.25) is 0 Å². The summed E-state index contributed by atoms with van der Waals surface area (Å²) in [5, 5.41) is -0.241. The van der Waals surface area contributed by atoms with Gasteiger partial charge in [-0.05, 0) is 33.1 Å². The van der Waals surface area contributed by atoms with Gasteiger partial charge in [0, 0.05) is 18.2 Å². The number of carbonyl (C=O) groups is 1. The quantitative estimate of drug-likeness (QED) is 0.641. The van der Waals surface area contributed by atoms with E-state index in [0.717, 1.165) is 19.3 Å². The van der Waals surface area contributed by atoms with E-state index < -0.39 is 40.4 Å². The molecule has 2 aliphatic rings. The molecular weight excluding hydrogens is 358 g/mol. The second-order valence-electron chi connectivity index (χ2n) is 7.27. The van der Waals surface area contributed by atoms with E-state index in [-0.39, 0.29) is 28.8 Å². The van der Waals surface area contributed by atoms with Crippen LogP contribution >= 0.6 is 0 Å². The SMILES string of the molecule is CCOC(=O)c1cn2c3c(c(F)c(F)c(N)c3c1=O)OC(C)CC21CCC1. The van der Waals surface area contributed by atoms with E-state index in [1.807, 2.05) is 0 Å². The average molecular weight is 378 g/mol. The Bertz CT molecular complexity index is 1030. The van der Waals surface area contributed by atoms with Crippen molar-refractivity contribution < 1.29 is 23.0 Å². The van der Waals surface area contributed by atoms with Crippen LogP contribution in [0.1, 0.15) is 49.9 Å². The summed E-state index contributed by atoms with van der Waals surface area (Å²) in [4.78, 5) is 25.3. The minimum Gasteiger partial charge on any atom is -0.485 e. The lowest BCUT2D eigenvalue weighted by Gasteiger charge is -2.44. The molecule has 1 fully saturated rings. The van der Waals surface area contributed by atoms with Gasteiger partial charge in [0.05, 0.1) is 23.8 Å². The van der Waals surface area contributed by atoms with Gasteiger partial charge in [0.25, 0.3) is 0 Å². The summed E-state index contributed by atoms with van der Waals surface area (Å²) in [6.07, 6.45) is 4.04. The van der Waals surface area contributed by atoms with Crippen molar-refractivity contribution in [2.75, 3.05) is 12.3 Å². The molecule has 1 spiro atoms. The molecule has 1 atom stereocenters. The van der Waals surface area contributed by atoms with Gasteiger partial charge in [-0.15, -0.1) is 0 Å². The highest BCUT2D eigenvalue weighted by atomic mass is 19.2. The first kappa shape index (κ1) is 17.8. The van der Waals surface area contributed by atoms with Crippen LogP contribution in [0, 0.1) is 11.6 Å². The lowest BCUT2D eigenvalue weighted by molar-refractivity contribution is 0.0520. The van der Waals surface area contributed by atoms with Crippen LogP contribution in [0.4, 0.5) is 14.5 Å². The molecule has 2 aromatic rings. The van der Waals surface area contributed by atoms with Gasteiger partial charge in [0.1, 0.15) is 11.1 Å². The van der Waals surface area contributed by atoms with Gasteiger partial charge in [-0.1, -0.05) is 0 Å². The molecule has 1 saturated carbocycles. The third kappa shape index (κ3) is 2.35. The molecule has 2 N–H and O–H groups in total. The molecule has 0 saturated heterocycles. The van der Waals surface area contributed by atoms with Gasteiger partial charge in [-0.25, -0.2) is 9.18 Å². The van der Waals surface area contributed by atoms with E-state index >= 15 is 0 Å². The lowest BCUT2D eigenvalue weighted by atomic mass is 9.72. The molecule has 4 rings (SSSR count). The fourth-order valence-electron chi connectivity index (χ4n) is 4.26.